The molecule has 0 aliphatic heterocycles. The molecule has 0 radical (unpaired) electrons. The van der Waals surface area contributed by atoms with Gasteiger partial charge in [-0.3, -0.25) is 0 Å². The topological polar surface area (TPSA) is 38.4 Å². The quantitative estimate of drug-likeness (QED) is 0.655. The largest absolute Gasteiger partial charge is 0.424 e. The molecule has 0 amide bonds. The maximum absolute atomic E-state index is 5.58. The number of thiophene rings is 1. The first-order chi connectivity index (χ1) is 8.33. The summed E-state index contributed by atoms with van der Waals surface area (Å²) in [6.45, 7) is 1.84. The lowest BCUT2D eigenvalue weighted by Gasteiger charge is -1.95. The lowest BCUT2D eigenvalue weighted by molar-refractivity contribution is 0.456. The molecule has 0 atom stereocenters. The first-order valence-electron chi connectivity index (χ1n) is 5.28. The van der Waals surface area contributed by atoms with Gasteiger partial charge in [-0.1, -0.05) is 18.2 Å². The third kappa shape index (κ3) is 1.99. The van der Waals surface area contributed by atoms with E-state index in [9.17, 15) is 0 Å². The minimum atomic E-state index is 0.625. The molecule has 84 valence electrons. The molecule has 3 aromatic rings. The fourth-order valence-corrected chi connectivity index (χ4v) is 2.41. The molecule has 3 rings (SSSR count). The molecule has 2 heterocycles. The summed E-state index contributed by atoms with van der Waals surface area (Å²) in [7, 11) is 0. The average molecular weight is 242 g/mol. The zero-order valence-corrected chi connectivity index (χ0v) is 10.1. The number of aryl methyl sites for hydroxylation is 1. The summed E-state index contributed by atoms with van der Waals surface area (Å²) in [5.41, 5.74) is 1.51. The van der Waals surface area contributed by atoms with Crippen LogP contribution in [0.1, 0.15) is 5.89 Å². The first kappa shape index (κ1) is 10.2. The Bertz CT molecular complexity index is 713. The summed E-state index contributed by atoms with van der Waals surface area (Å²) >= 11 is 1.60. The molecule has 0 spiro atoms. The van der Waals surface area contributed by atoms with Crippen LogP contribution in [0.25, 0.3) is 10.2 Å². The highest BCUT2D eigenvalue weighted by Crippen LogP contribution is 2.16. The molecule has 0 aliphatic rings. The van der Waals surface area contributed by atoms with E-state index in [2.05, 4.69) is 9.98 Å². The lowest BCUT2D eigenvalue weighted by Crippen LogP contribution is -2.03. The highest BCUT2D eigenvalue weighted by molar-refractivity contribution is 7.16. The van der Waals surface area contributed by atoms with Gasteiger partial charge in [0.2, 0.25) is 5.55 Å². The van der Waals surface area contributed by atoms with Crippen LogP contribution >= 0.6 is 11.3 Å². The van der Waals surface area contributed by atoms with E-state index in [1.54, 1.807) is 11.3 Å². The normalized spacial score (nSPS) is 12.2. The van der Waals surface area contributed by atoms with E-state index in [0.29, 0.717) is 11.4 Å². The van der Waals surface area contributed by atoms with Gasteiger partial charge in [-0.15, -0.1) is 11.3 Å². The van der Waals surface area contributed by atoms with Crippen LogP contribution in [0.2, 0.25) is 0 Å². The zero-order chi connectivity index (χ0) is 11.7. The van der Waals surface area contributed by atoms with Gasteiger partial charge in [0.25, 0.3) is 0 Å². The van der Waals surface area contributed by atoms with Gasteiger partial charge < -0.3 is 4.42 Å². The van der Waals surface area contributed by atoms with Crippen molar-refractivity contribution in [3.05, 3.63) is 53.2 Å². The molecule has 3 nitrogen and oxygen atoms in total. The van der Waals surface area contributed by atoms with Gasteiger partial charge in [-0.05, 0) is 23.6 Å². The van der Waals surface area contributed by atoms with Crippen molar-refractivity contribution >= 4 is 27.2 Å². The summed E-state index contributed by atoms with van der Waals surface area (Å²) in [6, 6.07) is 11.8. The Labute approximate surface area is 102 Å². The van der Waals surface area contributed by atoms with Crippen LogP contribution in [0.3, 0.4) is 0 Å². The summed E-state index contributed by atoms with van der Waals surface area (Å²) in [4.78, 5) is 9.79. The first-order valence-corrected chi connectivity index (χ1v) is 6.15. The molecule has 1 aromatic carbocycles. The van der Waals surface area contributed by atoms with E-state index < -0.39 is 0 Å². The maximum atomic E-state index is 5.58. The molecule has 0 bridgehead atoms. The average Bonchev–Trinajstić information content (AvgIpc) is 2.78. The van der Waals surface area contributed by atoms with Crippen LogP contribution in [-0.2, 0) is 0 Å². The van der Waals surface area contributed by atoms with Gasteiger partial charge in [0, 0.05) is 6.92 Å². The molecule has 4 heteroatoms. The Hall–Kier alpha value is -1.94. The van der Waals surface area contributed by atoms with Crippen molar-refractivity contribution in [2.24, 2.45) is 4.99 Å². The maximum Gasteiger partial charge on any atom is 0.231 e. The SMILES string of the molecule is Cc1nc2sccc2c(=Nc2ccccc2)o1. The predicted molar refractivity (Wildman–Crippen MR) is 68.3 cm³/mol. The van der Waals surface area contributed by atoms with E-state index in [1.807, 2.05) is 48.7 Å². The molecule has 2 aromatic heterocycles. The number of fused-ring (bicyclic) bond motifs is 1. The summed E-state index contributed by atoms with van der Waals surface area (Å²) in [5.74, 6) is 0.634. The van der Waals surface area contributed by atoms with Gasteiger partial charge in [0.1, 0.15) is 4.83 Å². The molecule has 0 saturated carbocycles. The number of hydrogen-bond donors (Lipinski definition) is 0. The smallest absolute Gasteiger partial charge is 0.231 e. The van der Waals surface area contributed by atoms with Gasteiger partial charge >= 0.3 is 0 Å². The van der Waals surface area contributed by atoms with E-state index in [1.165, 1.54) is 0 Å². The van der Waals surface area contributed by atoms with Gasteiger partial charge in [0.15, 0.2) is 5.89 Å². The second kappa shape index (κ2) is 4.14. The molecule has 0 aliphatic carbocycles. The van der Waals surface area contributed by atoms with Crippen LogP contribution in [-0.4, -0.2) is 4.98 Å². The van der Waals surface area contributed by atoms with E-state index in [4.69, 9.17) is 4.42 Å². The molecular weight excluding hydrogens is 232 g/mol. The van der Waals surface area contributed by atoms with Crippen LogP contribution in [0.15, 0.2) is 51.2 Å². The van der Waals surface area contributed by atoms with Crippen molar-refractivity contribution in [3.8, 4) is 0 Å². The fourth-order valence-electron chi connectivity index (χ4n) is 1.61. The molecular formula is C13H10N2OS. The van der Waals surface area contributed by atoms with Crippen molar-refractivity contribution in [1.82, 2.24) is 4.98 Å². The van der Waals surface area contributed by atoms with Gasteiger partial charge in [-0.25, -0.2) is 9.98 Å². The van der Waals surface area contributed by atoms with Crippen LogP contribution < -0.4 is 5.55 Å². The number of rotatable bonds is 1. The molecule has 0 N–H and O–H groups in total. The minimum Gasteiger partial charge on any atom is -0.424 e. The molecule has 0 fully saturated rings. The summed E-state index contributed by atoms with van der Waals surface area (Å²) in [5, 5.41) is 2.96. The third-order valence-electron chi connectivity index (χ3n) is 2.37. The number of hydrogen-bond acceptors (Lipinski definition) is 4. The number of nitrogens with zero attached hydrogens (tertiary/aromatic N) is 2. The Kier molecular flexibility index (Phi) is 2.49. The highest BCUT2D eigenvalue weighted by atomic mass is 32.1. The second-order valence-electron chi connectivity index (χ2n) is 3.62. The number of benzene rings is 1. The van der Waals surface area contributed by atoms with Crippen molar-refractivity contribution in [1.29, 1.82) is 0 Å². The second-order valence-corrected chi connectivity index (χ2v) is 4.52. The minimum absolute atomic E-state index is 0.625. The van der Waals surface area contributed by atoms with Crippen LogP contribution in [0, 0.1) is 6.92 Å². The summed E-state index contributed by atoms with van der Waals surface area (Å²) < 4.78 is 5.58. The number of para-hydroxylation sites is 1. The van der Waals surface area contributed by atoms with Crippen molar-refractivity contribution < 1.29 is 4.42 Å². The van der Waals surface area contributed by atoms with Crippen molar-refractivity contribution in [3.63, 3.8) is 0 Å². The lowest BCUT2D eigenvalue weighted by atomic mass is 10.3. The van der Waals surface area contributed by atoms with Gasteiger partial charge in [0.05, 0.1) is 11.1 Å². The van der Waals surface area contributed by atoms with E-state index in [0.717, 1.165) is 15.9 Å². The fraction of sp³-hybridized carbons (Fsp3) is 0.0769. The van der Waals surface area contributed by atoms with E-state index in [-0.39, 0.29) is 0 Å². The Balaban J connectivity index is 2.30. The molecule has 0 unspecified atom stereocenters. The Morgan fingerprint density at radius 2 is 2.00 bits per heavy atom. The monoisotopic (exact) mass is 242 g/mol. The molecule has 0 saturated heterocycles. The standard InChI is InChI=1S/C13H10N2OS/c1-9-14-13-11(7-8-17-13)12(16-9)15-10-5-3-2-4-6-10/h2-8H,1H3. The Morgan fingerprint density at radius 3 is 2.82 bits per heavy atom. The third-order valence-corrected chi connectivity index (χ3v) is 3.17. The number of aromatic nitrogens is 1. The highest BCUT2D eigenvalue weighted by Gasteiger charge is 2.02. The zero-order valence-electron chi connectivity index (χ0n) is 9.25. The van der Waals surface area contributed by atoms with Gasteiger partial charge in [-0.2, -0.15) is 0 Å². The molecule has 17 heavy (non-hydrogen) atoms. The van der Waals surface area contributed by atoms with E-state index >= 15 is 0 Å². The summed E-state index contributed by atoms with van der Waals surface area (Å²) in [6.07, 6.45) is 0. The van der Waals surface area contributed by atoms with Crippen LogP contribution in [0.4, 0.5) is 5.69 Å². The van der Waals surface area contributed by atoms with Crippen molar-refractivity contribution in [2.75, 3.05) is 0 Å². The predicted octanol–water partition coefficient (Wildman–Crippen LogP) is 3.43. The Morgan fingerprint density at radius 1 is 1.18 bits per heavy atom. The van der Waals surface area contributed by atoms with Crippen LogP contribution in [0.5, 0.6) is 0 Å². The van der Waals surface area contributed by atoms with Crippen molar-refractivity contribution in [2.45, 2.75) is 6.92 Å².